The summed E-state index contributed by atoms with van der Waals surface area (Å²) >= 11 is 0. The van der Waals surface area contributed by atoms with Gasteiger partial charge in [0.2, 0.25) is 0 Å². The van der Waals surface area contributed by atoms with E-state index in [1.54, 1.807) is 0 Å². The second kappa shape index (κ2) is 3.62. The quantitative estimate of drug-likeness (QED) is 0.915. The Morgan fingerprint density at radius 1 is 1.26 bits per heavy atom. The van der Waals surface area contributed by atoms with Gasteiger partial charge < -0.3 is 14.4 Å². The van der Waals surface area contributed by atoms with Crippen LogP contribution in [0.1, 0.15) is 18.4 Å². The molecule has 0 atom stereocenters. The van der Waals surface area contributed by atoms with Crippen LogP contribution in [0, 0.1) is 5.41 Å². The van der Waals surface area contributed by atoms with Gasteiger partial charge in [-0.3, -0.25) is 0 Å². The second-order valence-electron chi connectivity index (χ2n) is 6.18. The standard InChI is InChI=1S/C16H19NO2/c1-17-8-13(12-4-2-3-5-14(12)17)16(10-19-11-16)15(9-18)6-7-15/h2-5,8,18H,6-7,9-11H2,1H3. The average molecular weight is 257 g/mol. The Balaban J connectivity index is 1.94. The normalized spacial score (nSPS) is 23.3. The number of ether oxygens (including phenoxy) is 1. The minimum atomic E-state index is 0.0304. The first-order chi connectivity index (χ1) is 9.22. The van der Waals surface area contributed by atoms with E-state index in [-0.39, 0.29) is 17.4 Å². The number of para-hydroxylation sites is 1. The van der Waals surface area contributed by atoms with E-state index in [9.17, 15) is 5.11 Å². The topological polar surface area (TPSA) is 34.4 Å². The predicted molar refractivity (Wildman–Crippen MR) is 74.2 cm³/mol. The molecule has 1 N–H and O–H groups in total. The van der Waals surface area contributed by atoms with Crippen LogP contribution in [-0.2, 0) is 17.2 Å². The highest BCUT2D eigenvalue weighted by Gasteiger charge is 2.63. The van der Waals surface area contributed by atoms with Crippen LogP contribution in [0.3, 0.4) is 0 Å². The minimum Gasteiger partial charge on any atom is -0.396 e. The number of rotatable bonds is 3. The van der Waals surface area contributed by atoms with Gasteiger partial charge in [0.15, 0.2) is 0 Å². The average Bonchev–Trinajstić information content (AvgIpc) is 3.11. The summed E-state index contributed by atoms with van der Waals surface area (Å²) in [6.45, 7) is 1.78. The Labute approximate surface area is 112 Å². The number of fused-ring (bicyclic) bond motifs is 1. The molecule has 1 aliphatic carbocycles. The van der Waals surface area contributed by atoms with E-state index < -0.39 is 0 Å². The van der Waals surface area contributed by atoms with Crippen molar-refractivity contribution in [2.24, 2.45) is 12.5 Å². The number of hydrogen-bond donors (Lipinski definition) is 1. The maximum Gasteiger partial charge on any atom is 0.0592 e. The summed E-state index contributed by atoms with van der Waals surface area (Å²) in [5.74, 6) is 0. The van der Waals surface area contributed by atoms with E-state index in [2.05, 4.69) is 42.1 Å². The molecule has 2 aliphatic rings. The fourth-order valence-electron chi connectivity index (χ4n) is 3.72. The van der Waals surface area contributed by atoms with Gasteiger partial charge in [-0.25, -0.2) is 0 Å². The molecule has 2 fully saturated rings. The number of aryl methyl sites for hydroxylation is 1. The molecule has 0 amide bonds. The smallest absolute Gasteiger partial charge is 0.0592 e. The molecule has 0 radical (unpaired) electrons. The predicted octanol–water partition coefficient (Wildman–Crippen LogP) is 2.22. The number of aliphatic hydroxyl groups is 1. The molecule has 0 bridgehead atoms. The van der Waals surface area contributed by atoms with E-state index >= 15 is 0 Å². The second-order valence-corrected chi connectivity index (χ2v) is 6.18. The summed E-state index contributed by atoms with van der Waals surface area (Å²) in [5, 5.41) is 11.1. The Morgan fingerprint density at radius 3 is 2.58 bits per heavy atom. The van der Waals surface area contributed by atoms with Gasteiger partial charge in [-0.1, -0.05) is 18.2 Å². The molecule has 1 aliphatic heterocycles. The third kappa shape index (κ3) is 1.30. The van der Waals surface area contributed by atoms with Gasteiger partial charge in [0.05, 0.1) is 18.6 Å². The summed E-state index contributed by atoms with van der Waals surface area (Å²) in [6, 6.07) is 8.52. The lowest BCUT2D eigenvalue weighted by Gasteiger charge is -2.47. The van der Waals surface area contributed by atoms with Crippen molar-refractivity contribution in [1.29, 1.82) is 0 Å². The summed E-state index contributed by atoms with van der Waals surface area (Å²) in [6.07, 6.45) is 4.48. The Kier molecular flexibility index (Phi) is 2.19. The third-order valence-electron chi connectivity index (χ3n) is 5.28. The van der Waals surface area contributed by atoms with E-state index in [1.807, 2.05) is 0 Å². The molecule has 0 spiro atoms. The van der Waals surface area contributed by atoms with Gasteiger partial charge in [-0.15, -0.1) is 0 Å². The molecule has 2 aromatic rings. The van der Waals surface area contributed by atoms with E-state index in [0.717, 1.165) is 26.1 Å². The van der Waals surface area contributed by atoms with Crippen molar-refractivity contribution in [3.05, 3.63) is 36.0 Å². The van der Waals surface area contributed by atoms with E-state index in [0.29, 0.717) is 0 Å². The van der Waals surface area contributed by atoms with E-state index in [1.165, 1.54) is 16.5 Å². The van der Waals surface area contributed by atoms with Gasteiger partial charge in [0, 0.05) is 36.2 Å². The van der Waals surface area contributed by atoms with Crippen LogP contribution in [0.5, 0.6) is 0 Å². The van der Waals surface area contributed by atoms with Crippen LogP contribution < -0.4 is 0 Å². The first-order valence-corrected chi connectivity index (χ1v) is 6.96. The first-order valence-electron chi connectivity index (χ1n) is 6.96. The molecule has 2 heterocycles. The highest BCUT2D eigenvalue weighted by Crippen LogP contribution is 2.63. The number of aliphatic hydroxyl groups excluding tert-OH is 1. The fraction of sp³-hybridized carbons (Fsp3) is 0.500. The zero-order valence-electron chi connectivity index (χ0n) is 11.2. The van der Waals surface area contributed by atoms with Gasteiger partial charge in [-0.2, -0.15) is 0 Å². The van der Waals surface area contributed by atoms with Crippen molar-refractivity contribution in [3.8, 4) is 0 Å². The molecular formula is C16H19NO2. The van der Waals surface area contributed by atoms with Crippen molar-refractivity contribution in [2.45, 2.75) is 18.3 Å². The molecular weight excluding hydrogens is 238 g/mol. The largest absolute Gasteiger partial charge is 0.396 e. The molecule has 1 aromatic carbocycles. The summed E-state index contributed by atoms with van der Waals surface area (Å²) in [5.41, 5.74) is 2.72. The van der Waals surface area contributed by atoms with Gasteiger partial charge in [0.25, 0.3) is 0 Å². The van der Waals surface area contributed by atoms with Gasteiger partial charge in [-0.05, 0) is 24.5 Å². The third-order valence-corrected chi connectivity index (χ3v) is 5.28. The highest BCUT2D eigenvalue weighted by atomic mass is 16.5. The van der Waals surface area contributed by atoms with Crippen LogP contribution in [-0.4, -0.2) is 29.5 Å². The molecule has 19 heavy (non-hydrogen) atoms. The van der Waals surface area contributed by atoms with Crippen molar-refractivity contribution in [1.82, 2.24) is 4.57 Å². The molecule has 3 nitrogen and oxygen atoms in total. The van der Waals surface area contributed by atoms with Crippen LogP contribution in [0.2, 0.25) is 0 Å². The van der Waals surface area contributed by atoms with Crippen molar-refractivity contribution in [2.75, 3.05) is 19.8 Å². The number of nitrogens with zero attached hydrogens (tertiary/aromatic N) is 1. The Morgan fingerprint density at radius 2 is 2.00 bits per heavy atom. The van der Waals surface area contributed by atoms with Crippen LogP contribution >= 0.6 is 0 Å². The SMILES string of the molecule is Cn1cc(C2(C3(CO)CC3)COC2)c2ccccc21. The van der Waals surface area contributed by atoms with Gasteiger partial charge >= 0.3 is 0 Å². The molecule has 1 saturated carbocycles. The van der Waals surface area contributed by atoms with Crippen molar-refractivity contribution in [3.63, 3.8) is 0 Å². The highest BCUT2D eigenvalue weighted by molar-refractivity contribution is 5.85. The Bertz CT molecular complexity index is 635. The first kappa shape index (κ1) is 11.5. The Hall–Kier alpha value is -1.32. The van der Waals surface area contributed by atoms with Crippen LogP contribution in [0.25, 0.3) is 10.9 Å². The number of aromatic nitrogens is 1. The number of hydrogen-bond acceptors (Lipinski definition) is 2. The zero-order chi connectivity index (χ0) is 13.1. The summed E-state index contributed by atoms with van der Waals surface area (Å²) in [4.78, 5) is 0. The van der Waals surface area contributed by atoms with Crippen LogP contribution in [0.15, 0.2) is 30.5 Å². The lowest BCUT2D eigenvalue weighted by molar-refractivity contribution is -0.109. The fourth-order valence-corrected chi connectivity index (χ4v) is 3.72. The lowest BCUT2D eigenvalue weighted by Crippen LogP contribution is -2.54. The minimum absolute atomic E-state index is 0.0304. The van der Waals surface area contributed by atoms with E-state index in [4.69, 9.17) is 4.74 Å². The molecule has 100 valence electrons. The lowest BCUT2D eigenvalue weighted by atomic mass is 9.66. The maximum atomic E-state index is 9.83. The summed E-state index contributed by atoms with van der Waals surface area (Å²) in [7, 11) is 2.09. The van der Waals surface area contributed by atoms with Gasteiger partial charge in [0.1, 0.15) is 0 Å². The maximum absolute atomic E-state index is 9.83. The zero-order valence-corrected chi connectivity index (χ0v) is 11.2. The molecule has 0 unspecified atom stereocenters. The van der Waals surface area contributed by atoms with Crippen molar-refractivity contribution < 1.29 is 9.84 Å². The van der Waals surface area contributed by atoms with Crippen molar-refractivity contribution >= 4 is 10.9 Å². The molecule has 3 heteroatoms. The molecule has 1 saturated heterocycles. The van der Waals surface area contributed by atoms with Crippen LogP contribution in [0.4, 0.5) is 0 Å². The molecule has 1 aromatic heterocycles. The summed E-state index contributed by atoms with van der Waals surface area (Å²) < 4.78 is 7.75. The number of benzene rings is 1. The molecule has 4 rings (SSSR count). The monoisotopic (exact) mass is 257 g/mol.